The van der Waals surface area contributed by atoms with Crippen molar-refractivity contribution in [2.45, 2.75) is 32.4 Å². The molecular formula is C14H17F2N3. The first-order chi connectivity index (χ1) is 9.25. The van der Waals surface area contributed by atoms with Crippen LogP contribution in [0, 0.1) is 0 Å². The van der Waals surface area contributed by atoms with E-state index in [0.717, 1.165) is 30.5 Å². The summed E-state index contributed by atoms with van der Waals surface area (Å²) in [5, 5.41) is 0. The summed E-state index contributed by atoms with van der Waals surface area (Å²) in [7, 11) is 0. The van der Waals surface area contributed by atoms with Gasteiger partial charge in [-0.25, -0.2) is 4.98 Å². The largest absolute Gasteiger partial charge is 0.320 e. The van der Waals surface area contributed by atoms with E-state index in [1.165, 1.54) is 6.42 Å². The highest BCUT2D eigenvalue weighted by Gasteiger charge is 2.20. The minimum Gasteiger partial charge on any atom is -0.296 e. The van der Waals surface area contributed by atoms with Crippen molar-refractivity contribution in [3.8, 4) is 0 Å². The van der Waals surface area contributed by atoms with Gasteiger partial charge in [0.1, 0.15) is 5.82 Å². The van der Waals surface area contributed by atoms with Crippen LogP contribution in [-0.4, -0.2) is 27.5 Å². The number of fused-ring (bicyclic) bond motifs is 1. The van der Waals surface area contributed by atoms with Gasteiger partial charge in [-0.1, -0.05) is 18.6 Å². The molecule has 2 aromatic rings. The lowest BCUT2D eigenvalue weighted by atomic mass is 10.1. The summed E-state index contributed by atoms with van der Waals surface area (Å²) in [4.78, 5) is 6.58. The molecule has 1 saturated heterocycles. The molecule has 0 unspecified atom stereocenters. The Morgan fingerprint density at radius 3 is 2.58 bits per heavy atom. The van der Waals surface area contributed by atoms with Gasteiger partial charge in [-0.15, -0.1) is 0 Å². The summed E-state index contributed by atoms with van der Waals surface area (Å²) in [5.41, 5.74) is 1.17. The van der Waals surface area contributed by atoms with Crippen LogP contribution in [0.4, 0.5) is 8.78 Å². The summed E-state index contributed by atoms with van der Waals surface area (Å²) < 4.78 is 27.6. The van der Waals surface area contributed by atoms with Crippen molar-refractivity contribution >= 4 is 11.0 Å². The zero-order valence-corrected chi connectivity index (χ0v) is 10.7. The van der Waals surface area contributed by atoms with Crippen LogP contribution in [-0.2, 0) is 6.54 Å². The quantitative estimate of drug-likeness (QED) is 0.848. The van der Waals surface area contributed by atoms with Crippen LogP contribution in [0.1, 0.15) is 31.6 Å². The molecule has 0 amide bonds. The minimum absolute atomic E-state index is 0.470. The number of benzene rings is 1. The SMILES string of the molecule is FC(F)n1c(CN2CCCCC2)nc2ccccc21. The third-order valence-corrected chi connectivity index (χ3v) is 3.68. The Kier molecular flexibility index (Phi) is 3.46. The number of aromatic nitrogens is 2. The lowest BCUT2D eigenvalue weighted by Crippen LogP contribution is -2.30. The predicted octanol–water partition coefficient (Wildman–Crippen LogP) is 3.42. The number of para-hydroxylation sites is 2. The number of hydrogen-bond acceptors (Lipinski definition) is 2. The summed E-state index contributed by atoms with van der Waals surface area (Å²) >= 11 is 0. The lowest BCUT2D eigenvalue weighted by Gasteiger charge is -2.26. The number of nitrogens with zero attached hydrogens (tertiary/aromatic N) is 3. The maximum absolute atomic E-state index is 13.2. The number of halogens is 2. The highest BCUT2D eigenvalue weighted by Crippen LogP contribution is 2.24. The molecule has 1 aromatic carbocycles. The third kappa shape index (κ3) is 2.47. The summed E-state index contributed by atoms with van der Waals surface area (Å²) in [6.45, 7) is -0.0649. The molecule has 0 bridgehead atoms. The Bertz CT molecular complexity index is 559. The number of piperidine rings is 1. The molecular weight excluding hydrogens is 248 g/mol. The summed E-state index contributed by atoms with van der Waals surface area (Å²) in [6.07, 6.45) is 3.53. The summed E-state index contributed by atoms with van der Waals surface area (Å²) in [6, 6.07) is 7.09. The van der Waals surface area contributed by atoms with Gasteiger partial charge in [-0.2, -0.15) is 8.78 Å². The standard InChI is InChI=1S/C14H17F2N3/c15-14(16)19-12-7-3-2-6-11(12)17-13(19)10-18-8-4-1-5-9-18/h2-3,6-7,14H,1,4-5,8-10H2. The third-order valence-electron chi connectivity index (χ3n) is 3.68. The van der Waals surface area contributed by atoms with Crippen molar-refractivity contribution in [1.29, 1.82) is 0 Å². The highest BCUT2D eigenvalue weighted by atomic mass is 19.3. The van der Waals surface area contributed by atoms with Crippen LogP contribution < -0.4 is 0 Å². The van der Waals surface area contributed by atoms with Crippen LogP contribution in [0.15, 0.2) is 24.3 Å². The van der Waals surface area contributed by atoms with E-state index in [4.69, 9.17) is 0 Å². The van der Waals surface area contributed by atoms with Crippen LogP contribution >= 0.6 is 0 Å². The van der Waals surface area contributed by atoms with Gasteiger partial charge in [0.25, 0.3) is 0 Å². The fraction of sp³-hybridized carbons (Fsp3) is 0.500. The molecule has 0 N–H and O–H groups in total. The molecule has 0 atom stereocenters. The second-order valence-electron chi connectivity index (χ2n) is 5.00. The molecule has 3 nitrogen and oxygen atoms in total. The lowest BCUT2D eigenvalue weighted by molar-refractivity contribution is 0.0676. The number of hydrogen-bond donors (Lipinski definition) is 0. The van der Waals surface area contributed by atoms with E-state index in [9.17, 15) is 8.78 Å². The van der Waals surface area contributed by atoms with E-state index in [1.54, 1.807) is 18.2 Å². The van der Waals surface area contributed by atoms with E-state index in [0.29, 0.717) is 23.4 Å². The van der Waals surface area contributed by atoms with E-state index in [2.05, 4.69) is 9.88 Å². The molecule has 0 spiro atoms. The molecule has 1 aliphatic heterocycles. The smallest absolute Gasteiger partial charge is 0.296 e. The number of rotatable bonds is 3. The predicted molar refractivity (Wildman–Crippen MR) is 70.1 cm³/mol. The molecule has 0 radical (unpaired) electrons. The number of imidazole rings is 1. The van der Waals surface area contributed by atoms with Crippen LogP contribution in [0.25, 0.3) is 11.0 Å². The first-order valence-corrected chi connectivity index (χ1v) is 6.72. The monoisotopic (exact) mass is 265 g/mol. The zero-order valence-electron chi connectivity index (χ0n) is 10.7. The molecule has 2 heterocycles. The Morgan fingerprint density at radius 1 is 1.11 bits per heavy atom. The molecule has 19 heavy (non-hydrogen) atoms. The van der Waals surface area contributed by atoms with E-state index in [-0.39, 0.29) is 0 Å². The van der Waals surface area contributed by atoms with Crippen molar-refractivity contribution in [3.63, 3.8) is 0 Å². The number of alkyl halides is 2. The minimum atomic E-state index is -2.54. The maximum Gasteiger partial charge on any atom is 0.320 e. The highest BCUT2D eigenvalue weighted by molar-refractivity contribution is 5.75. The second-order valence-corrected chi connectivity index (χ2v) is 5.00. The molecule has 102 valence electrons. The Hall–Kier alpha value is -1.49. The first-order valence-electron chi connectivity index (χ1n) is 6.72. The van der Waals surface area contributed by atoms with E-state index >= 15 is 0 Å². The maximum atomic E-state index is 13.2. The first kappa shape index (κ1) is 12.5. The van der Waals surface area contributed by atoms with Gasteiger partial charge >= 0.3 is 6.55 Å². The zero-order chi connectivity index (χ0) is 13.2. The van der Waals surface area contributed by atoms with Crippen LogP contribution in [0.2, 0.25) is 0 Å². The second kappa shape index (κ2) is 5.25. The van der Waals surface area contributed by atoms with Gasteiger partial charge in [-0.3, -0.25) is 9.47 Å². The topological polar surface area (TPSA) is 21.1 Å². The van der Waals surface area contributed by atoms with Gasteiger partial charge in [0.2, 0.25) is 0 Å². The van der Waals surface area contributed by atoms with E-state index < -0.39 is 6.55 Å². The van der Waals surface area contributed by atoms with Gasteiger partial charge < -0.3 is 0 Å². The van der Waals surface area contributed by atoms with Gasteiger partial charge in [0.15, 0.2) is 0 Å². The van der Waals surface area contributed by atoms with E-state index in [1.807, 2.05) is 6.07 Å². The van der Waals surface area contributed by atoms with Crippen LogP contribution in [0.5, 0.6) is 0 Å². The fourth-order valence-electron chi connectivity index (χ4n) is 2.74. The molecule has 0 aliphatic carbocycles. The Labute approximate surface area is 110 Å². The molecule has 0 saturated carbocycles. The normalized spacial score (nSPS) is 17.4. The van der Waals surface area contributed by atoms with Gasteiger partial charge in [-0.05, 0) is 38.1 Å². The molecule has 1 aliphatic rings. The summed E-state index contributed by atoms with van der Waals surface area (Å²) in [5.74, 6) is 0.470. The molecule has 1 aromatic heterocycles. The average molecular weight is 265 g/mol. The Morgan fingerprint density at radius 2 is 1.84 bits per heavy atom. The van der Waals surface area contributed by atoms with Crippen molar-refractivity contribution in [3.05, 3.63) is 30.1 Å². The van der Waals surface area contributed by atoms with Crippen molar-refractivity contribution in [1.82, 2.24) is 14.5 Å². The van der Waals surface area contributed by atoms with Crippen molar-refractivity contribution in [2.24, 2.45) is 0 Å². The average Bonchev–Trinajstić information content (AvgIpc) is 2.77. The number of likely N-dealkylation sites (tertiary alicyclic amines) is 1. The molecule has 5 heteroatoms. The van der Waals surface area contributed by atoms with Crippen molar-refractivity contribution in [2.75, 3.05) is 13.1 Å². The molecule has 3 rings (SSSR count). The van der Waals surface area contributed by atoms with Gasteiger partial charge in [0, 0.05) is 0 Å². The van der Waals surface area contributed by atoms with Gasteiger partial charge in [0.05, 0.1) is 17.6 Å². The Balaban J connectivity index is 1.95. The fourth-order valence-corrected chi connectivity index (χ4v) is 2.74. The van der Waals surface area contributed by atoms with Crippen LogP contribution in [0.3, 0.4) is 0 Å². The van der Waals surface area contributed by atoms with Crippen molar-refractivity contribution < 1.29 is 8.78 Å². The molecule has 1 fully saturated rings.